The van der Waals surface area contributed by atoms with Crippen LogP contribution in [-0.2, 0) is 5.67 Å². The van der Waals surface area contributed by atoms with E-state index < -0.39 is 5.67 Å². The van der Waals surface area contributed by atoms with Crippen LogP contribution < -0.4 is 10.1 Å². The van der Waals surface area contributed by atoms with E-state index in [2.05, 4.69) is 20.3 Å². The molecule has 0 atom stereocenters. The van der Waals surface area contributed by atoms with Gasteiger partial charge in [0.2, 0.25) is 0 Å². The largest absolute Gasteiger partial charge is 0.497 e. The zero-order valence-electron chi connectivity index (χ0n) is 15.0. The number of alkyl halides is 1. The smallest absolute Gasteiger partial charge is 0.323 e. The molecule has 1 aliphatic heterocycles. The van der Waals surface area contributed by atoms with E-state index in [9.17, 15) is 4.79 Å². The minimum Gasteiger partial charge on any atom is -0.497 e. The molecule has 10 heteroatoms. The maximum absolute atomic E-state index is 15.3. The summed E-state index contributed by atoms with van der Waals surface area (Å²) in [6.45, 7) is 0.488. The number of nitrogens with zero attached hydrogens (tertiary/aromatic N) is 4. The molecule has 0 radical (unpaired) electrons. The van der Waals surface area contributed by atoms with Gasteiger partial charge in [-0.2, -0.15) is 0 Å². The second-order valence-electron chi connectivity index (χ2n) is 6.43. The summed E-state index contributed by atoms with van der Waals surface area (Å²) < 4.78 is 21.4. The summed E-state index contributed by atoms with van der Waals surface area (Å²) in [6, 6.07) is 5.21. The highest BCUT2D eigenvalue weighted by molar-refractivity contribution is 7.22. The van der Waals surface area contributed by atoms with Crippen molar-refractivity contribution in [1.82, 2.24) is 19.9 Å². The molecule has 2 amide bonds. The number of anilines is 1. The molecule has 28 heavy (non-hydrogen) atoms. The first kappa shape index (κ1) is 18.8. The van der Waals surface area contributed by atoms with Crippen LogP contribution >= 0.6 is 22.9 Å². The number of carbonyl (C=O) groups is 1. The predicted octanol–water partition coefficient (Wildman–Crippen LogP) is 4.24. The number of nitrogens with one attached hydrogen (secondary N) is 1. The first-order valence-corrected chi connectivity index (χ1v) is 9.84. The van der Waals surface area contributed by atoms with E-state index in [1.54, 1.807) is 12.0 Å². The molecule has 2 aromatic heterocycles. The molecule has 0 saturated carbocycles. The Morgan fingerprint density at radius 2 is 2.07 bits per heavy atom. The molecular weight excluding hydrogens is 405 g/mol. The van der Waals surface area contributed by atoms with Gasteiger partial charge in [0.1, 0.15) is 11.4 Å². The lowest BCUT2D eigenvalue weighted by atomic mass is 9.90. The van der Waals surface area contributed by atoms with Gasteiger partial charge in [0.25, 0.3) is 0 Å². The number of fused-ring (bicyclic) bond motifs is 1. The quantitative estimate of drug-likeness (QED) is 0.684. The number of ether oxygens (including phenoxy) is 1. The molecule has 1 aromatic carbocycles. The van der Waals surface area contributed by atoms with Gasteiger partial charge in [-0.25, -0.2) is 19.2 Å². The highest BCUT2D eigenvalue weighted by Gasteiger charge is 2.40. The number of aromatic nitrogens is 3. The van der Waals surface area contributed by atoms with Crippen LogP contribution in [-0.4, -0.2) is 46.1 Å². The Morgan fingerprint density at radius 3 is 2.79 bits per heavy atom. The van der Waals surface area contributed by atoms with Gasteiger partial charge in [-0.15, -0.1) is 0 Å². The normalized spacial score (nSPS) is 16.2. The Kier molecular flexibility index (Phi) is 5.03. The lowest BCUT2D eigenvalue weighted by Crippen LogP contribution is -2.45. The Hall–Kier alpha value is -2.52. The Labute approximate surface area is 169 Å². The fourth-order valence-corrected chi connectivity index (χ4v) is 4.34. The van der Waals surface area contributed by atoms with E-state index in [0.717, 1.165) is 16.0 Å². The van der Waals surface area contributed by atoms with Gasteiger partial charge in [0.05, 0.1) is 17.3 Å². The molecule has 0 bridgehead atoms. The summed E-state index contributed by atoms with van der Waals surface area (Å²) in [5.74, 6) is 0.729. The van der Waals surface area contributed by atoms with Crippen LogP contribution in [0.4, 0.5) is 14.3 Å². The minimum absolute atomic E-state index is 0.0628. The van der Waals surface area contributed by atoms with E-state index >= 15 is 4.39 Å². The molecule has 0 unspecified atom stereocenters. The second-order valence-corrected chi connectivity index (χ2v) is 7.82. The first-order valence-electron chi connectivity index (χ1n) is 8.65. The van der Waals surface area contributed by atoms with Crippen molar-refractivity contribution in [3.63, 3.8) is 0 Å². The molecule has 4 rings (SSSR count). The van der Waals surface area contributed by atoms with Crippen molar-refractivity contribution in [2.45, 2.75) is 18.5 Å². The molecule has 1 N–H and O–H groups in total. The third-order valence-electron chi connectivity index (χ3n) is 4.73. The standard InChI is InChI=1S/C18H17ClFN5O2S/c1-27-11-2-3-12-13(10-11)28-16(23-12)24-17(26)25-8-4-18(20,5-9-25)14-15(19)22-7-6-21-14/h2-3,6-7,10H,4-5,8-9H2,1H3,(H,23,24,26). The lowest BCUT2D eigenvalue weighted by molar-refractivity contribution is 0.0681. The number of hydrogen-bond donors (Lipinski definition) is 1. The van der Waals surface area contributed by atoms with Crippen LogP contribution in [0.3, 0.4) is 0 Å². The monoisotopic (exact) mass is 421 g/mol. The van der Waals surface area contributed by atoms with E-state index in [-0.39, 0.29) is 42.8 Å². The first-order chi connectivity index (χ1) is 13.5. The van der Waals surface area contributed by atoms with Crippen molar-refractivity contribution in [1.29, 1.82) is 0 Å². The average molecular weight is 422 g/mol. The Balaban J connectivity index is 1.42. The zero-order valence-corrected chi connectivity index (χ0v) is 16.6. The van der Waals surface area contributed by atoms with Gasteiger partial charge in [-0.3, -0.25) is 10.3 Å². The number of amides is 2. The molecule has 3 aromatic rings. The maximum Gasteiger partial charge on any atom is 0.323 e. The Bertz CT molecular complexity index is 1020. The molecule has 0 aliphatic carbocycles. The van der Waals surface area contributed by atoms with Crippen molar-refractivity contribution in [2.24, 2.45) is 0 Å². The van der Waals surface area contributed by atoms with E-state index in [1.807, 2.05) is 18.2 Å². The van der Waals surface area contributed by atoms with Gasteiger partial charge < -0.3 is 9.64 Å². The second kappa shape index (κ2) is 7.48. The summed E-state index contributed by atoms with van der Waals surface area (Å²) in [6.07, 6.45) is 3.06. The summed E-state index contributed by atoms with van der Waals surface area (Å²) in [7, 11) is 1.60. The fourth-order valence-electron chi connectivity index (χ4n) is 3.18. The lowest BCUT2D eigenvalue weighted by Gasteiger charge is -2.35. The summed E-state index contributed by atoms with van der Waals surface area (Å²) in [5.41, 5.74) is -0.772. The fraction of sp³-hybridized carbons (Fsp3) is 0.333. The molecule has 1 fully saturated rings. The van der Waals surface area contributed by atoms with Crippen molar-refractivity contribution < 1.29 is 13.9 Å². The van der Waals surface area contributed by atoms with Crippen LogP contribution in [0, 0.1) is 0 Å². The van der Waals surface area contributed by atoms with Gasteiger partial charge in [-0.1, -0.05) is 22.9 Å². The number of carbonyl (C=O) groups excluding carboxylic acids is 1. The molecule has 3 heterocycles. The number of rotatable bonds is 3. The zero-order chi connectivity index (χ0) is 19.7. The molecule has 1 aliphatic rings. The molecule has 7 nitrogen and oxygen atoms in total. The Morgan fingerprint density at radius 1 is 1.32 bits per heavy atom. The number of urea groups is 1. The summed E-state index contributed by atoms with van der Waals surface area (Å²) in [4.78, 5) is 26.5. The van der Waals surface area contributed by atoms with Gasteiger partial charge in [-0.05, 0) is 18.2 Å². The third-order valence-corrected chi connectivity index (χ3v) is 5.94. The van der Waals surface area contributed by atoms with E-state index in [4.69, 9.17) is 16.3 Å². The number of hydrogen-bond acceptors (Lipinski definition) is 6. The van der Waals surface area contributed by atoms with E-state index in [1.165, 1.54) is 23.7 Å². The summed E-state index contributed by atoms with van der Waals surface area (Å²) >= 11 is 7.35. The predicted molar refractivity (Wildman–Crippen MR) is 106 cm³/mol. The maximum atomic E-state index is 15.3. The van der Waals surface area contributed by atoms with Crippen molar-refractivity contribution in [3.8, 4) is 5.75 Å². The van der Waals surface area contributed by atoms with Crippen LogP contribution in [0.2, 0.25) is 5.15 Å². The number of benzene rings is 1. The van der Waals surface area contributed by atoms with Gasteiger partial charge in [0, 0.05) is 38.3 Å². The average Bonchev–Trinajstić information content (AvgIpc) is 3.09. The highest BCUT2D eigenvalue weighted by Crippen LogP contribution is 2.38. The molecule has 0 spiro atoms. The van der Waals surface area contributed by atoms with E-state index in [0.29, 0.717) is 5.13 Å². The topological polar surface area (TPSA) is 80.2 Å². The van der Waals surface area contributed by atoms with Crippen molar-refractivity contribution >= 4 is 44.3 Å². The van der Waals surface area contributed by atoms with Gasteiger partial charge >= 0.3 is 6.03 Å². The highest BCUT2D eigenvalue weighted by atomic mass is 35.5. The number of thiazole rings is 1. The molecule has 1 saturated heterocycles. The van der Waals surface area contributed by atoms with Crippen LogP contribution in [0.25, 0.3) is 10.2 Å². The number of halogens is 2. The van der Waals surface area contributed by atoms with Crippen LogP contribution in [0.1, 0.15) is 18.5 Å². The number of likely N-dealkylation sites (tertiary alicyclic amines) is 1. The van der Waals surface area contributed by atoms with Gasteiger partial charge in [0.15, 0.2) is 16.0 Å². The minimum atomic E-state index is -1.69. The van der Waals surface area contributed by atoms with Crippen LogP contribution in [0.15, 0.2) is 30.6 Å². The van der Waals surface area contributed by atoms with Crippen LogP contribution in [0.5, 0.6) is 5.75 Å². The number of methoxy groups -OCH3 is 1. The van der Waals surface area contributed by atoms with Crippen molar-refractivity contribution in [3.05, 3.63) is 41.4 Å². The number of piperidine rings is 1. The molecular formula is C18H17ClFN5O2S. The molecule has 146 valence electrons. The third kappa shape index (κ3) is 3.59. The van der Waals surface area contributed by atoms with Crippen molar-refractivity contribution in [2.75, 3.05) is 25.5 Å². The SMILES string of the molecule is COc1ccc2nc(NC(=O)N3CCC(F)(c4nccnc4Cl)CC3)sc2c1. The summed E-state index contributed by atoms with van der Waals surface area (Å²) in [5, 5.41) is 3.35.